The zero-order valence-electron chi connectivity index (χ0n) is 44.8. The molecule has 4 fully saturated rings. The van der Waals surface area contributed by atoms with Gasteiger partial charge in [0.05, 0.1) is 11.4 Å². The van der Waals surface area contributed by atoms with Crippen LogP contribution < -0.4 is 56.5 Å². The van der Waals surface area contributed by atoms with E-state index >= 15 is 0 Å². The number of rotatable bonds is 8. The second-order valence-corrected chi connectivity index (χ2v) is 18.8. The van der Waals surface area contributed by atoms with Gasteiger partial charge in [0, 0.05) is 57.7 Å². The van der Waals surface area contributed by atoms with E-state index < -0.39 is 35.1 Å². The molecule has 0 spiro atoms. The van der Waals surface area contributed by atoms with E-state index in [0.29, 0.717) is 5.92 Å². The van der Waals surface area contributed by atoms with E-state index in [1.807, 2.05) is 54.9 Å². The summed E-state index contributed by atoms with van der Waals surface area (Å²) < 4.78 is 66.9. The molecule has 2 aromatic heterocycles. The summed E-state index contributed by atoms with van der Waals surface area (Å²) in [6.07, 6.45) is 8.77. The van der Waals surface area contributed by atoms with Gasteiger partial charge in [0.25, 0.3) is 0 Å². The number of benzene rings is 4. The molecule has 0 N–H and O–H groups in total. The van der Waals surface area contributed by atoms with Crippen LogP contribution in [0.2, 0.25) is 0 Å². The largest absolute Gasteiger partial charge is 1.00 e. The number of pyridine rings is 2. The molecule has 0 saturated heterocycles. The van der Waals surface area contributed by atoms with Crippen molar-refractivity contribution in [1.29, 1.82) is 0 Å². The normalized spacial score (nSPS) is 24.3. The molecule has 4 aliphatic rings. The van der Waals surface area contributed by atoms with Crippen LogP contribution in [-0.2, 0) is 23.6 Å². The van der Waals surface area contributed by atoms with Gasteiger partial charge in [0.1, 0.15) is 0 Å². The average Bonchev–Trinajstić information content (AvgIpc) is 4.17. The van der Waals surface area contributed by atoms with Gasteiger partial charge < -0.3 is 5.11 Å². The molecule has 4 aromatic carbocycles. The van der Waals surface area contributed by atoms with Crippen LogP contribution in [0.15, 0.2) is 146 Å². The van der Waals surface area contributed by atoms with Gasteiger partial charge in [-0.2, -0.15) is 0 Å². The van der Waals surface area contributed by atoms with Crippen LogP contribution in [0.1, 0.15) is 94.2 Å². The third-order valence-corrected chi connectivity index (χ3v) is 12.6. The van der Waals surface area contributed by atoms with Crippen LogP contribution in [0.3, 0.4) is 0 Å². The van der Waals surface area contributed by atoms with Crippen LogP contribution >= 0.6 is 0 Å². The smallest absolute Gasteiger partial charge is 0.850 e. The third-order valence-electron chi connectivity index (χ3n) is 12.6. The Morgan fingerprint density at radius 1 is 0.581 bits per heavy atom. The van der Waals surface area contributed by atoms with Crippen molar-refractivity contribution in [2.24, 2.45) is 35.5 Å². The summed E-state index contributed by atoms with van der Waals surface area (Å²) in [6.45, 7) is 4.90. The summed E-state index contributed by atoms with van der Waals surface area (Å²) in [6, 6.07) is 46.4. The fourth-order valence-corrected chi connectivity index (χ4v) is 9.91. The molecule has 6 heteroatoms. The summed E-state index contributed by atoms with van der Waals surface area (Å²) in [4.78, 5) is 9.05. The van der Waals surface area contributed by atoms with Crippen LogP contribution in [0.5, 0.6) is 0 Å². The van der Waals surface area contributed by atoms with E-state index in [1.54, 1.807) is 20.8 Å². The van der Waals surface area contributed by atoms with Crippen molar-refractivity contribution < 1.29 is 71.7 Å². The first-order valence-electron chi connectivity index (χ1n) is 26.0. The van der Waals surface area contributed by atoms with Crippen LogP contribution in [-0.4, -0.2) is 32.1 Å². The molecule has 0 radical (unpaired) electrons. The van der Waals surface area contributed by atoms with E-state index in [2.05, 4.69) is 101 Å². The maximum atomic E-state index is 10.5. The van der Waals surface area contributed by atoms with E-state index in [4.69, 9.17) is 11.0 Å². The SMILES string of the molecule is CC(C)(C)[O-].[2H]C([2H])([2H])S(=O)C([2H])([2H])[2H].[2H]C([2H])(c1ccc(-c2ccnc(-c3ccccc3)c2)cc1)C1CC2CCC1C2.[K+].c1ccc(-c2cc(-c3ccc(CC4CC5CCC4C5)cc3)ccn2)cc1. The first-order chi connectivity index (χ1) is 32.6. The van der Waals surface area contributed by atoms with Crippen molar-refractivity contribution in [1.82, 2.24) is 9.97 Å². The van der Waals surface area contributed by atoms with E-state index in [-0.39, 0.29) is 57.3 Å². The van der Waals surface area contributed by atoms with Crippen molar-refractivity contribution >= 4 is 10.8 Å². The molecule has 318 valence electrons. The van der Waals surface area contributed by atoms with Gasteiger partial charge in [-0.25, -0.2) is 0 Å². The Hall–Kier alpha value is -3.07. The molecule has 6 atom stereocenters. The van der Waals surface area contributed by atoms with Gasteiger partial charge in [-0.05, 0) is 144 Å². The molecule has 0 aliphatic heterocycles. The van der Waals surface area contributed by atoms with Crippen LogP contribution in [0.4, 0.5) is 0 Å². The number of hydrogen-bond acceptors (Lipinski definition) is 4. The number of aromatic nitrogens is 2. The zero-order chi connectivity index (χ0) is 49.6. The minimum absolute atomic E-state index is 0. The number of nitrogens with zero attached hydrogens (tertiary/aromatic N) is 2. The molecule has 6 unspecified atom stereocenters. The van der Waals surface area contributed by atoms with Crippen LogP contribution in [0, 0.1) is 35.5 Å². The third kappa shape index (κ3) is 14.5. The van der Waals surface area contributed by atoms with E-state index in [1.165, 1.54) is 73.6 Å². The second-order valence-electron chi connectivity index (χ2n) is 18.3. The topological polar surface area (TPSA) is 65.9 Å². The number of hydrogen-bond donors (Lipinski definition) is 0. The Bertz CT molecular complexity index is 2580. The average molecular weight is 877 g/mol. The minimum atomic E-state index is -2.90. The summed E-state index contributed by atoms with van der Waals surface area (Å²) in [5.74, 6) is 4.50. The van der Waals surface area contributed by atoms with Gasteiger partial charge in [-0.1, -0.05) is 143 Å². The minimum Gasteiger partial charge on any atom is -0.850 e. The van der Waals surface area contributed by atoms with Crippen molar-refractivity contribution in [3.63, 3.8) is 0 Å². The molecule has 10 rings (SSSR count). The van der Waals surface area contributed by atoms with Gasteiger partial charge >= 0.3 is 51.4 Å². The summed E-state index contributed by atoms with van der Waals surface area (Å²) in [7, 11) is -2.75. The van der Waals surface area contributed by atoms with Crippen molar-refractivity contribution in [3.8, 4) is 44.8 Å². The molecular formula is C56H65KN2O2S. The molecule has 4 saturated carbocycles. The molecule has 2 heterocycles. The zero-order valence-corrected chi connectivity index (χ0v) is 40.7. The van der Waals surface area contributed by atoms with E-state index in [0.717, 1.165) is 63.7 Å². The number of fused-ring (bicyclic) bond motifs is 4. The van der Waals surface area contributed by atoms with Gasteiger partial charge in [-0.15, -0.1) is 5.60 Å². The molecule has 4 aliphatic carbocycles. The van der Waals surface area contributed by atoms with E-state index in [9.17, 15) is 9.32 Å². The predicted octanol–water partition coefficient (Wildman–Crippen LogP) is 9.93. The maximum Gasteiger partial charge on any atom is 1.00 e. The Labute approximate surface area is 429 Å². The monoisotopic (exact) mass is 876 g/mol. The van der Waals surface area contributed by atoms with Gasteiger partial charge in [0.15, 0.2) is 0 Å². The molecule has 6 aromatic rings. The molecule has 62 heavy (non-hydrogen) atoms. The Morgan fingerprint density at radius 3 is 1.40 bits per heavy atom. The van der Waals surface area contributed by atoms with Gasteiger partial charge in [-0.3, -0.25) is 14.2 Å². The fourth-order valence-electron chi connectivity index (χ4n) is 9.91. The molecule has 0 amide bonds. The Kier molecular flexibility index (Phi) is 14.3. The molecule has 4 nitrogen and oxygen atoms in total. The quantitative estimate of drug-likeness (QED) is 0.143. The maximum absolute atomic E-state index is 10.5. The fraction of sp³-hybridized carbons (Fsp3) is 0.393. The van der Waals surface area contributed by atoms with Crippen molar-refractivity contribution in [2.75, 3.05) is 12.4 Å². The first kappa shape index (κ1) is 38.2. The van der Waals surface area contributed by atoms with Gasteiger partial charge in [0.2, 0.25) is 0 Å². The van der Waals surface area contributed by atoms with Crippen molar-refractivity contribution in [3.05, 3.63) is 157 Å². The Morgan fingerprint density at radius 2 is 1.02 bits per heavy atom. The summed E-state index contributed by atoms with van der Waals surface area (Å²) in [5, 5.41) is 10.1. The molecular weight excluding hydrogens is 804 g/mol. The summed E-state index contributed by atoms with van der Waals surface area (Å²) >= 11 is 0. The summed E-state index contributed by atoms with van der Waals surface area (Å²) in [5.41, 5.74) is 10.6. The second kappa shape index (κ2) is 23.2. The van der Waals surface area contributed by atoms with Crippen LogP contribution in [0.25, 0.3) is 44.8 Å². The predicted molar refractivity (Wildman–Crippen MR) is 255 cm³/mol. The van der Waals surface area contributed by atoms with Crippen molar-refractivity contribution in [2.45, 2.75) is 90.5 Å². The standard InChI is InChI=1S/2C25H25N.C4H9O.C2H6OS.K/c2*1-2-4-21(5-3-1)25-17-23(12-13-26-25)20-9-6-18(7-10-20)14-24-16-19-8-11-22(24)15-19;1-4(2,3)5;1-4(2)3;/h2*1-7,9-10,12-13,17,19,22,24H,8,11,14-16H2;1-3H3;1-2H3;/q;;-1;;+1/i14D2;;;1D3,2D3;. The first-order valence-corrected chi connectivity index (χ1v) is 23.1. The Balaban J connectivity index is 0.000000177. The molecule has 4 bridgehead atoms.